The van der Waals surface area contributed by atoms with E-state index in [0.29, 0.717) is 13.1 Å². The summed E-state index contributed by atoms with van der Waals surface area (Å²) < 4.78 is 4.79. The fourth-order valence-electron chi connectivity index (χ4n) is 9.72. The van der Waals surface area contributed by atoms with Gasteiger partial charge in [0.1, 0.15) is 23.7 Å². The van der Waals surface area contributed by atoms with Gasteiger partial charge in [-0.3, -0.25) is 14.5 Å². The third-order valence-corrected chi connectivity index (χ3v) is 12.9. The summed E-state index contributed by atoms with van der Waals surface area (Å²) in [6.45, 7) is 5.17. The minimum atomic E-state index is -0.676. The Morgan fingerprint density at radius 1 is 0.770 bits per heavy atom. The van der Waals surface area contributed by atoms with E-state index in [9.17, 15) is 14.4 Å². The van der Waals surface area contributed by atoms with E-state index >= 15 is 0 Å². The number of likely N-dealkylation sites (N-methyl/N-ethyl adjacent to an activating group) is 1. The van der Waals surface area contributed by atoms with Crippen LogP contribution >= 0.6 is 0 Å². The molecule has 12 heteroatoms. The summed E-state index contributed by atoms with van der Waals surface area (Å²) in [5.41, 5.74) is 12.3. The van der Waals surface area contributed by atoms with Crippen LogP contribution in [0.25, 0.3) is 44.5 Å². The van der Waals surface area contributed by atoms with E-state index in [1.165, 1.54) is 29.4 Å². The lowest BCUT2D eigenvalue weighted by atomic mass is 9.83. The van der Waals surface area contributed by atoms with Gasteiger partial charge in [0.05, 0.1) is 42.1 Å². The molecule has 1 aliphatic carbocycles. The number of carbonyl (C=O) groups excluding carboxylic acids is 3. The number of aromatic amines is 2. The maximum absolute atomic E-state index is 14.1. The lowest BCUT2D eigenvalue weighted by Crippen LogP contribution is -2.51. The molecule has 0 spiro atoms. The van der Waals surface area contributed by atoms with Crippen LogP contribution in [0, 0.1) is 5.92 Å². The Balaban J connectivity index is 0.910. The van der Waals surface area contributed by atoms with Crippen LogP contribution in [0.3, 0.4) is 0 Å². The standard InChI is InChI=1S/C49H54N8O4/c1-29(2)43(54-49(60)61-5)47(58)56-23-9-13-41(56)45-50-28-40(53-45)35-18-21-37-34(26-35)16-15-33-25-31(17-20-36(33)37)32-19-22-38-39(27-32)52-46(51-38)42-14-10-24-57(42)48(59)44(55(3)4)30-11-7-6-8-12-30/h6-8,11-12,17-22,25-29,41-44H,9-10,13-16,23-24H2,1-5H3,(H,50,53)(H,51,52)(H,54,60)/t41-,42-,43-,44-/m0/s1. The zero-order valence-corrected chi connectivity index (χ0v) is 35.6. The molecular weight excluding hydrogens is 765 g/mol. The van der Waals surface area contributed by atoms with Crippen LogP contribution < -0.4 is 5.32 Å². The van der Waals surface area contributed by atoms with Crippen molar-refractivity contribution in [2.45, 2.75) is 76.5 Å². The quantitative estimate of drug-likeness (QED) is 0.126. The highest BCUT2D eigenvalue weighted by Gasteiger charge is 2.39. The number of rotatable bonds is 10. The molecule has 4 aromatic carbocycles. The molecule has 61 heavy (non-hydrogen) atoms. The van der Waals surface area contributed by atoms with E-state index in [0.717, 1.165) is 89.2 Å². The number of nitrogens with zero attached hydrogens (tertiary/aromatic N) is 5. The topological polar surface area (TPSA) is 140 Å². The van der Waals surface area contributed by atoms with Gasteiger partial charge in [-0.1, -0.05) is 80.6 Å². The maximum atomic E-state index is 14.1. The highest BCUT2D eigenvalue weighted by molar-refractivity contribution is 5.87. The van der Waals surface area contributed by atoms with Crippen molar-refractivity contribution in [3.05, 3.63) is 119 Å². The number of fused-ring (bicyclic) bond motifs is 4. The second-order valence-electron chi connectivity index (χ2n) is 17.3. The number of benzene rings is 4. The number of methoxy groups -OCH3 is 1. The predicted octanol–water partition coefficient (Wildman–Crippen LogP) is 8.40. The number of aryl methyl sites for hydroxylation is 2. The SMILES string of the molecule is COC(=O)N[C@H](C(=O)N1CCC[C@H]1c1ncc(-c2ccc3c(c2)CCc2cc(-c4ccc5nc([C@@H]6CCCN6C(=O)[C@H](c6ccccc6)N(C)C)[nH]c5c4)ccc2-3)[nH]1)C(C)C. The second kappa shape index (κ2) is 16.6. The molecule has 6 aromatic rings. The zero-order chi connectivity index (χ0) is 42.4. The summed E-state index contributed by atoms with van der Waals surface area (Å²) in [6, 6.07) is 28.5. The van der Waals surface area contributed by atoms with Gasteiger partial charge in [-0.25, -0.2) is 14.8 Å². The highest BCUT2D eigenvalue weighted by atomic mass is 16.5. The molecule has 3 amide bonds. The Morgan fingerprint density at radius 3 is 2.07 bits per heavy atom. The number of H-pyrrole nitrogens is 2. The number of imidazole rings is 2. The minimum Gasteiger partial charge on any atom is -0.453 e. The molecule has 4 heterocycles. The summed E-state index contributed by atoms with van der Waals surface area (Å²) in [4.78, 5) is 62.5. The molecule has 9 rings (SSSR count). The summed E-state index contributed by atoms with van der Waals surface area (Å²) in [5.74, 6) is 1.50. The van der Waals surface area contributed by atoms with E-state index in [2.05, 4.69) is 69.9 Å². The van der Waals surface area contributed by atoms with Crippen molar-refractivity contribution < 1.29 is 19.1 Å². The molecule has 2 aliphatic heterocycles. The third kappa shape index (κ3) is 7.69. The van der Waals surface area contributed by atoms with Crippen LogP contribution in [0.4, 0.5) is 4.79 Å². The van der Waals surface area contributed by atoms with Crippen molar-refractivity contribution in [2.75, 3.05) is 34.3 Å². The average Bonchev–Trinajstić information content (AvgIpc) is 4.11. The van der Waals surface area contributed by atoms with Gasteiger partial charge < -0.3 is 29.8 Å². The normalized spacial score (nSPS) is 18.3. The third-order valence-electron chi connectivity index (χ3n) is 12.9. The first-order valence-corrected chi connectivity index (χ1v) is 21.6. The second-order valence-corrected chi connectivity index (χ2v) is 17.3. The Bertz CT molecular complexity index is 2600. The fourth-order valence-corrected chi connectivity index (χ4v) is 9.72. The van der Waals surface area contributed by atoms with Crippen LogP contribution in [0.15, 0.2) is 91.1 Å². The van der Waals surface area contributed by atoms with E-state index in [-0.39, 0.29) is 35.9 Å². The first-order valence-electron chi connectivity index (χ1n) is 21.6. The van der Waals surface area contributed by atoms with Crippen LogP contribution in [0.2, 0.25) is 0 Å². The number of amides is 3. The van der Waals surface area contributed by atoms with Crippen molar-refractivity contribution in [3.8, 4) is 33.5 Å². The van der Waals surface area contributed by atoms with Crippen LogP contribution in [-0.4, -0.2) is 92.9 Å². The average molecular weight is 819 g/mol. The van der Waals surface area contributed by atoms with Crippen LogP contribution in [0.1, 0.15) is 86.0 Å². The van der Waals surface area contributed by atoms with Crippen molar-refractivity contribution in [1.29, 1.82) is 0 Å². The Morgan fingerprint density at radius 2 is 1.39 bits per heavy atom. The number of carbonyl (C=O) groups is 3. The molecule has 0 unspecified atom stereocenters. The van der Waals surface area contributed by atoms with Gasteiger partial charge in [0, 0.05) is 13.1 Å². The molecule has 0 saturated carbocycles. The molecular formula is C49H54N8O4. The highest BCUT2D eigenvalue weighted by Crippen LogP contribution is 2.40. The lowest BCUT2D eigenvalue weighted by molar-refractivity contribution is -0.137. The van der Waals surface area contributed by atoms with Gasteiger partial charge in [-0.05, 0) is 121 Å². The number of ether oxygens (including phenoxy) is 1. The monoisotopic (exact) mass is 818 g/mol. The molecule has 0 bridgehead atoms. The number of hydrogen-bond donors (Lipinski definition) is 3. The van der Waals surface area contributed by atoms with Gasteiger partial charge in [0.25, 0.3) is 0 Å². The van der Waals surface area contributed by atoms with Crippen molar-refractivity contribution in [1.82, 2.24) is 40.0 Å². The largest absolute Gasteiger partial charge is 0.453 e. The summed E-state index contributed by atoms with van der Waals surface area (Å²) in [6.07, 6.45) is 6.60. The van der Waals surface area contributed by atoms with E-state index in [1.54, 1.807) is 0 Å². The Kier molecular flexibility index (Phi) is 11.0. The molecule has 2 aromatic heterocycles. The van der Waals surface area contributed by atoms with Crippen molar-refractivity contribution >= 4 is 28.9 Å². The minimum absolute atomic E-state index is 0.0940. The summed E-state index contributed by atoms with van der Waals surface area (Å²) >= 11 is 0. The lowest BCUT2D eigenvalue weighted by Gasteiger charge is -2.31. The molecule has 3 N–H and O–H groups in total. The Labute approximate surface area is 356 Å². The Hall–Kier alpha value is -6.27. The molecule has 12 nitrogen and oxygen atoms in total. The van der Waals surface area contributed by atoms with E-state index in [1.807, 2.05) is 79.2 Å². The van der Waals surface area contributed by atoms with E-state index in [4.69, 9.17) is 14.7 Å². The van der Waals surface area contributed by atoms with E-state index < -0.39 is 12.1 Å². The van der Waals surface area contributed by atoms with Crippen LogP contribution in [-0.2, 0) is 27.2 Å². The summed E-state index contributed by atoms with van der Waals surface area (Å²) in [7, 11) is 5.23. The molecule has 0 radical (unpaired) electrons. The predicted molar refractivity (Wildman–Crippen MR) is 236 cm³/mol. The molecule has 314 valence electrons. The molecule has 2 fully saturated rings. The maximum Gasteiger partial charge on any atom is 0.407 e. The van der Waals surface area contributed by atoms with Gasteiger partial charge in [0.15, 0.2) is 0 Å². The van der Waals surface area contributed by atoms with Crippen molar-refractivity contribution in [3.63, 3.8) is 0 Å². The van der Waals surface area contributed by atoms with Gasteiger partial charge in [-0.15, -0.1) is 0 Å². The zero-order valence-electron chi connectivity index (χ0n) is 35.6. The first kappa shape index (κ1) is 40.2. The number of likely N-dealkylation sites (tertiary alicyclic amines) is 2. The number of hydrogen-bond acceptors (Lipinski definition) is 7. The smallest absolute Gasteiger partial charge is 0.407 e. The number of aromatic nitrogens is 4. The molecule has 2 saturated heterocycles. The first-order chi connectivity index (χ1) is 29.6. The van der Waals surface area contributed by atoms with Crippen LogP contribution in [0.5, 0.6) is 0 Å². The van der Waals surface area contributed by atoms with Gasteiger partial charge in [0.2, 0.25) is 11.8 Å². The van der Waals surface area contributed by atoms with Gasteiger partial charge >= 0.3 is 6.09 Å². The fraction of sp³-hybridized carbons (Fsp3) is 0.367. The number of alkyl carbamates (subject to hydrolysis) is 1. The van der Waals surface area contributed by atoms with Gasteiger partial charge in [-0.2, -0.15) is 0 Å². The number of nitrogens with one attached hydrogen (secondary N) is 3. The molecule has 4 atom stereocenters. The molecule has 3 aliphatic rings. The van der Waals surface area contributed by atoms with Crippen molar-refractivity contribution in [2.24, 2.45) is 5.92 Å². The summed E-state index contributed by atoms with van der Waals surface area (Å²) in [5, 5.41) is 2.72.